The normalized spacial score (nSPS) is 11.1. The van der Waals surface area contributed by atoms with Gasteiger partial charge in [0, 0.05) is 0 Å². The molecule has 22 heavy (non-hydrogen) atoms. The van der Waals surface area contributed by atoms with Crippen molar-refractivity contribution in [1.82, 2.24) is 0 Å². The Kier molecular flexibility index (Phi) is 5.03. The average Bonchev–Trinajstić information content (AvgIpc) is 2.47. The summed E-state index contributed by atoms with van der Waals surface area (Å²) < 4.78 is 11.2. The number of hydrogen-bond donors (Lipinski definition) is 0. The van der Waals surface area contributed by atoms with Gasteiger partial charge in [-0.15, -0.1) is 0 Å². The summed E-state index contributed by atoms with van der Waals surface area (Å²) in [5, 5.41) is 0. The van der Waals surface area contributed by atoms with Crippen LogP contribution in [0.2, 0.25) is 19.6 Å². The van der Waals surface area contributed by atoms with Crippen LogP contribution in [0.3, 0.4) is 0 Å². The largest absolute Gasteiger partial charge is 0.544 e. The van der Waals surface area contributed by atoms with E-state index in [0.29, 0.717) is 11.3 Å². The molecule has 2 aromatic carbocycles. The molecule has 116 valence electrons. The lowest BCUT2D eigenvalue weighted by molar-refractivity contribution is 0.0734. The number of rotatable bonds is 5. The maximum atomic E-state index is 12.1. The van der Waals surface area contributed by atoms with Crippen molar-refractivity contribution in [2.24, 2.45) is 0 Å². The zero-order valence-corrected chi connectivity index (χ0v) is 14.6. The summed E-state index contributed by atoms with van der Waals surface area (Å²) in [6.45, 7) is 8.45. The van der Waals surface area contributed by atoms with Gasteiger partial charge in [0.05, 0.1) is 5.56 Å². The van der Waals surface area contributed by atoms with Gasteiger partial charge in [0.25, 0.3) is 0 Å². The molecule has 0 aromatic heterocycles. The number of aryl methyl sites for hydroxylation is 1. The van der Waals surface area contributed by atoms with E-state index in [1.54, 1.807) is 12.1 Å². The van der Waals surface area contributed by atoms with Gasteiger partial charge in [0.2, 0.25) is 8.32 Å². The number of hydrogen-bond acceptors (Lipinski definition) is 3. The molecule has 0 spiro atoms. The fraction of sp³-hybridized carbons (Fsp3) is 0.278. The summed E-state index contributed by atoms with van der Waals surface area (Å²) in [5.41, 5.74) is 1.73. The molecule has 0 atom stereocenters. The quantitative estimate of drug-likeness (QED) is 0.456. The topological polar surface area (TPSA) is 35.5 Å². The minimum absolute atomic E-state index is 0.358. The minimum Gasteiger partial charge on any atom is -0.544 e. The predicted molar refractivity (Wildman–Crippen MR) is 91.2 cm³/mol. The van der Waals surface area contributed by atoms with E-state index in [1.165, 1.54) is 5.56 Å². The zero-order valence-electron chi connectivity index (χ0n) is 13.6. The SMILES string of the molecule is CCc1ccc(OC(=O)c2ccc(O[Si](C)(C)C)cc2)cc1. The maximum Gasteiger partial charge on any atom is 0.343 e. The Balaban J connectivity index is 2.03. The molecule has 0 fully saturated rings. The predicted octanol–water partition coefficient (Wildman–Crippen LogP) is 4.68. The molecule has 0 aliphatic heterocycles. The second-order valence-electron chi connectivity index (χ2n) is 6.13. The van der Waals surface area contributed by atoms with E-state index in [2.05, 4.69) is 26.6 Å². The molecular formula is C18H22O3Si. The van der Waals surface area contributed by atoms with Crippen LogP contribution < -0.4 is 9.16 Å². The molecule has 2 aromatic rings. The van der Waals surface area contributed by atoms with E-state index in [1.807, 2.05) is 36.4 Å². The highest BCUT2D eigenvalue weighted by Crippen LogP contribution is 2.19. The Morgan fingerprint density at radius 1 is 0.909 bits per heavy atom. The van der Waals surface area contributed by atoms with Crippen molar-refractivity contribution in [1.29, 1.82) is 0 Å². The van der Waals surface area contributed by atoms with E-state index in [-0.39, 0.29) is 5.97 Å². The van der Waals surface area contributed by atoms with Crippen molar-refractivity contribution in [2.45, 2.75) is 33.0 Å². The molecule has 0 aliphatic carbocycles. The lowest BCUT2D eigenvalue weighted by Crippen LogP contribution is -2.29. The average molecular weight is 314 g/mol. The standard InChI is InChI=1S/C18H22O3Si/c1-5-14-6-10-16(11-7-14)20-18(19)15-8-12-17(13-9-15)21-22(2,3)4/h6-13H,5H2,1-4H3. The first kappa shape index (κ1) is 16.3. The fourth-order valence-electron chi connectivity index (χ4n) is 1.97. The molecular weight excluding hydrogens is 292 g/mol. The van der Waals surface area contributed by atoms with Gasteiger partial charge in [0.1, 0.15) is 11.5 Å². The van der Waals surface area contributed by atoms with Crippen molar-refractivity contribution in [3.05, 3.63) is 59.7 Å². The first-order valence-electron chi connectivity index (χ1n) is 7.47. The first-order valence-corrected chi connectivity index (χ1v) is 10.9. The molecule has 0 amide bonds. The lowest BCUT2D eigenvalue weighted by Gasteiger charge is -2.19. The molecule has 3 nitrogen and oxygen atoms in total. The Morgan fingerprint density at radius 3 is 1.95 bits per heavy atom. The van der Waals surface area contributed by atoms with Crippen LogP contribution in [0, 0.1) is 0 Å². The second kappa shape index (κ2) is 6.79. The third kappa shape index (κ3) is 4.74. The number of carbonyl (C=O) groups excluding carboxylic acids is 1. The Hall–Kier alpha value is -2.07. The summed E-state index contributed by atoms with van der Waals surface area (Å²) in [5.74, 6) is 0.997. The van der Waals surface area contributed by atoms with E-state index in [0.717, 1.165) is 12.2 Å². The van der Waals surface area contributed by atoms with Crippen LogP contribution in [-0.4, -0.2) is 14.3 Å². The van der Waals surface area contributed by atoms with Gasteiger partial charge >= 0.3 is 5.97 Å². The first-order chi connectivity index (χ1) is 10.4. The third-order valence-corrected chi connectivity index (χ3v) is 3.90. The Labute approximate surface area is 133 Å². The smallest absolute Gasteiger partial charge is 0.343 e. The van der Waals surface area contributed by atoms with Crippen LogP contribution in [0.25, 0.3) is 0 Å². The van der Waals surface area contributed by atoms with Gasteiger partial charge in [0.15, 0.2) is 0 Å². The van der Waals surface area contributed by atoms with Crippen LogP contribution in [0.1, 0.15) is 22.8 Å². The highest BCUT2D eigenvalue weighted by Gasteiger charge is 2.16. The van der Waals surface area contributed by atoms with Crippen molar-refractivity contribution in [3.63, 3.8) is 0 Å². The summed E-state index contributed by atoms with van der Waals surface area (Å²) in [4.78, 5) is 12.1. The monoisotopic (exact) mass is 314 g/mol. The summed E-state index contributed by atoms with van der Waals surface area (Å²) in [7, 11) is -1.63. The molecule has 0 bridgehead atoms. The summed E-state index contributed by atoms with van der Waals surface area (Å²) in [6.07, 6.45) is 0.965. The molecule has 2 rings (SSSR count). The van der Waals surface area contributed by atoms with Gasteiger partial charge < -0.3 is 9.16 Å². The third-order valence-electron chi connectivity index (χ3n) is 3.06. The van der Waals surface area contributed by atoms with Crippen LogP contribution in [0.15, 0.2) is 48.5 Å². The Bertz CT molecular complexity index is 625. The minimum atomic E-state index is -1.63. The second-order valence-corrected chi connectivity index (χ2v) is 10.6. The number of carbonyl (C=O) groups is 1. The van der Waals surface area contributed by atoms with Crippen LogP contribution in [0.5, 0.6) is 11.5 Å². The molecule has 4 heteroatoms. The highest BCUT2D eigenvalue weighted by molar-refractivity contribution is 6.70. The van der Waals surface area contributed by atoms with E-state index < -0.39 is 8.32 Å². The summed E-state index contributed by atoms with van der Waals surface area (Å²) >= 11 is 0. The van der Waals surface area contributed by atoms with Gasteiger partial charge in [-0.3, -0.25) is 0 Å². The van der Waals surface area contributed by atoms with Crippen LogP contribution >= 0.6 is 0 Å². The van der Waals surface area contributed by atoms with Gasteiger partial charge in [-0.1, -0.05) is 19.1 Å². The van der Waals surface area contributed by atoms with E-state index in [9.17, 15) is 4.79 Å². The van der Waals surface area contributed by atoms with Crippen LogP contribution in [0.4, 0.5) is 0 Å². The number of ether oxygens (including phenoxy) is 1. The van der Waals surface area contributed by atoms with Crippen molar-refractivity contribution in [3.8, 4) is 11.5 Å². The molecule has 0 saturated heterocycles. The van der Waals surface area contributed by atoms with Crippen molar-refractivity contribution >= 4 is 14.3 Å². The molecule has 0 heterocycles. The number of esters is 1. The Morgan fingerprint density at radius 2 is 1.45 bits per heavy atom. The zero-order chi connectivity index (χ0) is 16.2. The molecule has 0 radical (unpaired) electrons. The molecule has 0 aliphatic rings. The highest BCUT2D eigenvalue weighted by atomic mass is 28.4. The van der Waals surface area contributed by atoms with E-state index >= 15 is 0 Å². The number of benzene rings is 2. The molecule has 0 saturated carbocycles. The lowest BCUT2D eigenvalue weighted by atomic mass is 10.2. The molecule has 0 unspecified atom stereocenters. The van der Waals surface area contributed by atoms with Crippen LogP contribution in [-0.2, 0) is 6.42 Å². The fourth-order valence-corrected chi connectivity index (χ4v) is 2.81. The molecule has 0 N–H and O–H groups in total. The van der Waals surface area contributed by atoms with Crippen molar-refractivity contribution in [2.75, 3.05) is 0 Å². The van der Waals surface area contributed by atoms with Gasteiger partial charge in [-0.25, -0.2) is 4.79 Å². The van der Waals surface area contributed by atoms with Crippen molar-refractivity contribution < 1.29 is 14.0 Å². The summed E-state index contributed by atoms with van der Waals surface area (Å²) in [6, 6.07) is 14.7. The maximum absolute atomic E-state index is 12.1. The van der Waals surface area contributed by atoms with Gasteiger partial charge in [-0.2, -0.15) is 0 Å². The van der Waals surface area contributed by atoms with Gasteiger partial charge in [-0.05, 0) is 68.0 Å². The van der Waals surface area contributed by atoms with E-state index in [4.69, 9.17) is 9.16 Å².